The Bertz CT molecular complexity index is 1270. The van der Waals surface area contributed by atoms with Crippen molar-refractivity contribution in [1.29, 1.82) is 0 Å². The summed E-state index contributed by atoms with van der Waals surface area (Å²) in [6, 6.07) is 1.81. The van der Waals surface area contributed by atoms with E-state index in [-0.39, 0.29) is 23.7 Å². The van der Waals surface area contributed by atoms with Crippen LogP contribution in [0.1, 0.15) is 32.4 Å². The lowest BCUT2D eigenvalue weighted by Gasteiger charge is -2.32. The molecule has 2 fully saturated rings. The quantitative estimate of drug-likeness (QED) is 0.559. The second-order valence-electron chi connectivity index (χ2n) is 9.26. The Balaban J connectivity index is 1.56. The first-order valence-corrected chi connectivity index (χ1v) is 11.7. The number of fused-ring (bicyclic) bond motifs is 1. The molecule has 3 aromatic heterocycles. The predicted octanol–water partition coefficient (Wildman–Crippen LogP) is 2.45. The number of halogens is 1. The molecule has 5 rings (SSSR count). The van der Waals surface area contributed by atoms with Crippen LogP contribution in [0.15, 0.2) is 24.7 Å². The predicted molar refractivity (Wildman–Crippen MR) is 127 cm³/mol. The molecule has 8 nitrogen and oxygen atoms in total. The zero-order valence-electron chi connectivity index (χ0n) is 19.5. The second kappa shape index (κ2) is 8.95. The number of anilines is 1. The van der Waals surface area contributed by atoms with Crippen LogP contribution in [0.4, 0.5) is 10.3 Å². The van der Waals surface area contributed by atoms with Gasteiger partial charge in [0.05, 0.1) is 37.2 Å². The summed E-state index contributed by atoms with van der Waals surface area (Å²) >= 11 is 0. The van der Waals surface area contributed by atoms with E-state index in [1.807, 2.05) is 16.8 Å². The molecule has 0 aromatic carbocycles. The summed E-state index contributed by atoms with van der Waals surface area (Å²) in [4.78, 5) is 14.8. The van der Waals surface area contributed by atoms with Crippen molar-refractivity contribution in [2.24, 2.45) is 5.92 Å². The molecule has 3 N–H and O–H groups in total. The summed E-state index contributed by atoms with van der Waals surface area (Å²) in [6.07, 6.45) is 6.65. The van der Waals surface area contributed by atoms with Crippen molar-refractivity contribution in [2.75, 3.05) is 32.0 Å². The highest BCUT2D eigenvalue weighted by Gasteiger charge is 2.38. The van der Waals surface area contributed by atoms with Gasteiger partial charge in [0.15, 0.2) is 5.82 Å². The molecule has 4 heterocycles. The topological polar surface area (TPSA) is 102 Å². The summed E-state index contributed by atoms with van der Waals surface area (Å²) in [5.41, 5.74) is 6.77. The third kappa shape index (κ3) is 4.62. The maximum atomic E-state index is 14.8. The normalized spacial score (nSPS) is 20.6. The van der Waals surface area contributed by atoms with Gasteiger partial charge in [-0.25, -0.2) is 19.3 Å². The number of aliphatic hydroxyl groups is 1. The molecular weight excluding hydrogens is 435 g/mol. The van der Waals surface area contributed by atoms with E-state index >= 15 is 0 Å². The van der Waals surface area contributed by atoms with Crippen molar-refractivity contribution in [2.45, 2.75) is 44.9 Å². The van der Waals surface area contributed by atoms with E-state index in [4.69, 9.17) is 10.5 Å². The third-order valence-electron chi connectivity index (χ3n) is 6.67. The average Bonchev–Trinajstić information content (AvgIpc) is 3.64. The molecule has 2 unspecified atom stereocenters. The number of aromatic nitrogens is 4. The van der Waals surface area contributed by atoms with Crippen LogP contribution >= 0.6 is 0 Å². The zero-order valence-corrected chi connectivity index (χ0v) is 19.5. The molecule has 1 saturated heterocycles. The van der Waals surface area contributed by atoms with Crippen molar-refractivity contribution in [3.8, 4) is 23.1 Å². The van der Waals surface area contributed by atoms with Crippen molar-refractivity contribution in [3.63, 3.8) is 0 Å². The molecule has 0 amide bonds. The number of likely N-dealkylation sites (N-methyl/N-ethyl adjacent to an activating group) is 1. The van der Waals surface area contributed by atoms with E-state index in [1.54, 1.807) is 13.1 Å². The average molecular weight is 465 g/mol. The zero-order chi connectivity index (χ0) is 23.9. The van der Waals surface area contributed by atoms with Crippen LogP contribution in [0.2, 0.25) is 0 Å². The SMILES string of the molecule is CCN1CCOC(Cn2cc(-c3nc(N)ncc3F)c3cc(C#CC(C)(O)C4CC4)ncc32)C1. The second-order valence-corrected chi connectivity index (χ2v) is 9.26. The fourth-order valence-corrected chi connectivity index (χ4v) is 4.50. The highest BCUT2D eigenvalue weighted by atomic mass is 19.1. The molecule has 0 spiro atoms. The van der Waals surface area contributed by atoms with E-state index in [0.717, 1.165) is 49.6 Å². The standard InChI is InChI=1S/C25H29FN6O2/c1-3-31-8-9-34-18(13-31)14-32-15-20(23-21(26)11-29-24(27)30-23)19-10-17(28-12-22(19)32)6-7-25(2,33)16-4-5-16/h10-12,15-16,18,33H,3-5,8-9,13-14H2,1-2H3,(H2,27,29,30). The molecule has 9 heteroatoms. The van der Waals surface area contributed by atoms with E-state index in [9.17, 15) is 9.50 Å². The van der Waals surface area contributed by atoms with Crippen molar-refractivity contribution >= 4 is 16.9 Å². The van der Waals surface area contributed by atoms with E-state index < -0.39 is 11.4 Å². The molecule has 1 saturated carbocycles. The number of pyridine rings is 1. The lowest BCUT2D eigenvalue weighted by atomic mass is 10.0. The Morgan fingerprint density at radius 2 is 2.15 bits per heavy atom. The number of morpholine rings is 1. The van der Waals surface area contributed by atoms with Crippen LogP contribution < -0.4 is 5.73 Å². The summed E-state index contributed by atoms with van der Waals surface area (Å²) in [5.74, 6) is 5.61. The number of nitrogens with zero attached hydrogens (tertiary/aromatic N) is 5. The van der Waals surface area contributed by atoms with E-state index in [2.05, 4.69) is 38.6 Å². The first-order valence-electron chi connectivity index (χ1n) is 11.7. The van der Waals surface area contributed by atoms with Crippen LogP contribution in [0.3, 0.4) is 0 Å². The lowest BCUT2D eigenvalue weighted by molar-refractivity contribution is -0.0337. The summed E-state index contributed by atoms with van der Waals surface area (Å²) < 4.78 is 22.8. The Morgan fingerprint density at radius 3 is 2.91 bits per heavy atom. The van der Waals surface area contributed by atoms with Crippen LogP contribution in [0, 0.1) is 23.6 Å². The lowest BCUT2D eigenvalue weighted by Crippen LogP contribution is -2.43. The van der Waals surface area contributed by atoms with Gasteiger partial charge in [-0.2, -0.15) is 0 Å². The molecule has 2 aliphatic rings. The molecule has 3 aromatic rings. The Labute approximate surface area is 198 Å². The minimum atomic E-state index is -1.04. The monoisotopic (exact) mass is 464 g/mol. The smallest absolute Gasteiger partial charge is 0.220 e. The van der Waals surface area contributed by atoms with Gasteiger partial charge in [-0.1, -0.05) is 12.8 Å². The van der Waals surface area contributed by atoms with Crippen LogP contribution in [-0.2, 0) is 11.3 Å². The van der Waals surface area contributed by atoms with Gasteiger partial charge in [0, 0.05) is 30.2 Å². The summed E-state index contributed by atoms with van der Waals surface area (Å²) in [5, 5.41) is 11.3. The van der Waals surface area contributed by atoms with E-state index in [0.29, 0.717) is 24.4 Å². The summed E-state index contributed by atoms with van der Waals surface area (Å²) in [6.45, 7) is 7.87. The van der Waals surface area contributed by atoms with Gasteiger partial charge in [0.1, 0.15) is 17.0 Å². The Morgan fingerprint density at radius 1 is 1.32 bits per heavy atom. The largest absolute Gasteiger partial charge is 0.378 e. The number of nitrogen functional groups attached to an aromatic ring is 1. The van der Waals surface area contributed by atoms with Gasteiger partial charge in [-0.05, 0) is 44.2 Å². The molecule has 1 aliphatic carbocycles. The van der Waals surface area contributed by atoms with Crippen molar-refractivity contribution < 1.29 is 14.2 Å². The van der Waals surface area contributed by atoms with Crippen LogP contribution in [-0.4, -0.2) is 67.5 Å². The molecule has 2 atom stereocenters. The van der Waals surface area contributed by atoms with Gasteiger partial charge in [-0.15, -0.1) is 0 Å². The maximum Gasteiger partial charge on any atom is 0.220 e. The molecule has 1 aliphatic heterocycles. The van der Waals surface area contributed by atoms with E-state index in [1.165, 1.54) is 0 Å². The number of ether oxygens (including phenoxy) is 1. The van der Waals surface area contributed by atoms with Gasteiger partial charge >= 0.3 is 0 Å². The number of nitrogens with two attached hydrogens (primary N) is 1. The molecule has 0 radical (unpaired) electrons. The Hall–Kier alpha value is -3.06. The highest BCUT2D eigenvalue weighted by Crippen LogP contribution is 2.39. The maximum absolute atomic E-state index is 14.8. The van der Waals surface area contributed by atoms with Crippen LogP contribution in [0.5, 0.6) is 0 Å². The van der Waals surface area contributed by atoms with Gasteiger partial charge < -0.3 is 20.1 Å². The fraction of sp³-hybridized carbons (Fsp3) is 0.480. The molecule has 178 valence electrons. The number of rotatable bonds is 5. The number of hydrogen-bond acceptors (Lipinski definition) is 7. The van der Waals surface area contributed by atoms with Gasteiger partial charge in [0.2, 0.25) is 5.95 Å². The summed E-state index contributed by atoms with van der Waals surface area (Å²) in [7, 11) is 0. The van der Waals surface area contributed by atoms with Crippen LogP contribution in [0.25, 0.3) is 22.2 Å². The Kier molecular flexibility index (Phi) is 5.98. The van der Waals surface area contributed by atoms with Crippen molar-refractivity contribution in [3.05, 3.63) is 36.2 Å². The molecular formula is C25H29FN6O2. The minimum Gasteiger partial charge on any atom is -0.378 e. The van der Waals surface area contributed by atoms with Crippen molar-refractivity contribution in [1.82, 2.24) is 24.4 Å². The molecule has 0 bridgehead atoms. The number of hydrogen-bond donors (Lipinski definition) is 2. The van der Waals surface area contributed by atoms with Gasteiger partial charge in [-0.3, -0.25) is 4.90 Å². The third-order valence-corrected chi connectivity index (χ3v) is 6.67. The first-order chi connectivity index (χ1) is 16.3. The van der Waals surface area contributed by atoms with Gasteiger partial charge in [0.25, 0.3) is 0 Å². The fourth-order valence-electron chi connectivity index (χ4n) is 4.50. The minimum absolute atomic E-state index is 0.000975. The first kappa shape index (κ1) is 22.7. The highest BCUT2D eigenvalue weighted by molar-refractivity contribution is 5.95. The molecule has 34 heavy (non-hydrogen) atoms.